The summed E-state index contributed by atoms with van der Waals surface area (Å²) in [6, 6.07) is 15.1. The normalized spacial score (nSPS) is 10.4. The lowest BCUT2D eigenvalue weighted by molar-refractivity contribution is -0.116. The number of nitriles is 1. The van der Waals surface area contributed by atoms with Crippen LogP contribution in [0.15, 0.2) is 48.5 Å². The van der Waals surface area contributed by atoms with Gasteiger partial charge in [0.15, 0.2) is 11.5 Å². The van der Waals surface area contributed by atoms with Crippen molar-refractivity contribution in [2.24, 2.45) is 0 Å². The van der Waals surface area contributed by atoms with Gasteiger partial charge < -0.3 is 14.8 Å². The van der Waals surface area contributed by atoms with Crippen LogP contribution in [0.5, 0.6) is 11.5 Å². The maximum Gasteiger partial charge on any atom is 0.244 e. The summed E-state index contributed by atoms with van der Waals surface area (Å²) in [6.45, 7) is 5.51. The van der Waals surface area contributed by atoms with E-state index in [1.54, 1.807) is 24.3 Å². The molecule has 0 aliphatic rings. The molecular weight excluding hydrogens is 340 g/mol. The molecule has 5 nitrogen and oxygen atoms in total. The van der Waals surface area contributed by atoms with Crippen LogP contribution in [0.1, 0.15) is 30.5 Å². The number of rotatable bonds is 9. The SMILES string of the molecule is CCOc1ccc(CCNC(=O)/C=C/c2ccccc2C#N)cc1OCC. The van der Waals surface area contributed by atoms with Crippen LogP contribution in [-0.4, -0.2) is 25.7 Å². The molecule has 0 saturated carbocycles. The molecule has 0 heterocycles. The monoisotopic (exact) mass is 364 g/mol. The topological polar surface area (TPSA) is 71.3 Å². The third-order valence-electron chi connectivity index (χ3n) is 3.82. The molecule has 0 saturated heterocycles. The van der Waals surface area contributed by atoms with Gasteiger partial charge >= 0.3 is 0 Å². The van der Waals surface area contributed by atoms with Crippen LogP contribution in [0, 0.1) is 11.3 Å². The molecule has 0 radical (unpaired) electrons. The van der Waals surface area contributed by atoms with E-state index in [1.807, 2.05) is 38.1 Å². The zero-order valence-corrected chi connectivity index (χ0v) is 15.7. The summed E-state index contributed by atoms with van der Waals surface area (Å²) in [6.07, 6.45) is 3.78. The predicted molar refractivity (Wildman–Crippen MR) is 106 cm³/mol. The van der Waals surface area contributed by atoms with Gasteiger partial charge in [-0.05, 0) is 55.7 Å². The number of hydrogen-bond acceptors (Lipinski definition) is 4. The molecule has 2 aromatic carbocycles. The Balaban J connectivity index is 1.90. The van der Waals surface area contributed by atoms with Gasteiger partial charge in [0.2, 0.25) is 5.91 Å². The molecule has 0 atom stereocenters. The van der Waals surface area contributed by atoms with Crippen molar-refractivity contribution in [3.8, 4) is 17.6 Å². The Hall–Kier alpha value is -3.26. The minimum absolute atomic E-state index is 0.196. The molecule has 1 amide bonds. The number of hydrogen-bond donors (Lipinski definition) is 1. The molecule has 140 valence electrons. The summed E-state index contributed by atoms with van der Waals surface area (Å²) in [5.41, 5.74) is 2.32. The number of carbonyl (C=O) groups excluding carboxylic acids is 1. The van der Waals surface area contributed by atoms with Gasteiger partial charge in [0, 0.05) is 12.6 Å². The maximum atomic E-state index is 12.0. The Bertz CT molecular complexity index is 838. The first-order valence-electron chi connectivity index (χ1n) is 9.01. The number of nitrogens with zero attached hydrogens (tertiary/aromatic N) is 1. The van der Waals surface area contributed by atoms with E-state index < -0.39 is 0 Å². The Morgan fingerprint density at radius 3 is 2.59 bits per heavy atom. The van der Waals surface area contributed by atoms with Crippen LogP contribution >= 0.6 is 0 Å². The van der Waals surface area contributed by atoms with Crippen molar-refractivity contribution in [1.29, 1.82) is 5.26 Å². The summed E-state index contributed by atoms with van der Waals surface area (Å²) in [7, 11) is 0. The fourth-order valence-corrected chi connectivity index (χ4v) is 2.55. The van der Waals surface area contributed by atoms with E-state index in [2.05, 4.69) is 11.4 Å². The van der Waals surface area contributed by atoms with E-state index in [9.17, 15) is 4.79 Å². The fraction of sp³-hybridized carbons (Fsp3) is 0.273. The van der Waals surface area contributed by atoms with E-state index in [4.69, 9.17) is 14.7 Å². The van der Waals surface area contributed by atoms with Crippen LogP contribution in [0.2, 0.25) is 0 Å². The number of carbonyl (C=O) groups is 1. The molecular formula is C22H24N2O3. The molecule has 27 heavy (non-hydrogen) atoms. The zero-order valence-electron chi connectivity index (χ0n) is 15.7. The van der Waals surface area contributed by atoms with Gasteiger partial charge in [-0.3, -0.25) is 4.79 Å². The number of ether oxygens (including phenoxy) is 2. The highest BCUT2D eigenvalue weighted by Gasteiger charge is 2.06. The van der Waals surface area contributed by atoms with Gasteiger partial charge in [-0.25, -0.2) is 0 Å². The average molecular weight is 364 g/mol. The van der Waals surface area contributed by atoms with Crippen molar-refractivity contribution in [2.75, 3.05) is 19.8 Å². The van der Waals surface area contributed by atoms with Gasteiger partial charge in [-0.2, -0.15) is 5.26 Å². The molecule has 2 rings (SSSR count). The number of benzene rings is 2. The molecule has 0 spiro atoms. The molecule has 0 aliphatic carbocycles. The van der Waals surface area contributed by atoms with Gasteiger partial charge in [0.25, 0.3) is 0 Å². The lowest BCUT2D eigenvalue weighted by atomic mass is 10.1. The van der Waals surface area contributed by atoms with Gasteiger partial charge in [-0.1, -0.05) is 24.3 Å². The second-order valence-corrected chi connectivity index (χ2v) is 5.72. The summed E-state index contributed by atoms with van der Waals surface area (Å²) < 4.78 is 11.2. The lowest BCUT2D eigenvalue weighted by Gasteiger charge is -2.12. The average Bonchev–Trinajstić information content (AvgIpc) is 2.69. The molecule has 5 heteroatoms. The van der Waals surface area contributed by atoms with E-state index in [0.717, 1.165) is 22.6 Å². The zero-order chi connectivity index (χ0) is 19.5. The predicted octanol–water partition coefficient (Wildman–Crippen LogP) is 3.73. The van der Waals surface area contributed by atoms with Gasteiger partial charge in [0.1, 0.15) is 0 Å². The Morgan fingerprint density at radius 1 is 1.11 bits per heavy atom. The third-order valence-corrected chi connectivity index (χ3v) is 3.82. The molecule has 0 fully saturated rings. The molecule has 0 aromatic heterocycles. The van der Waals surface area contributed by atoms with Gasteiger partial charge in [0.05, 0.1) is 24.8 Å². The second-order valence-electron chi connectivity index (χ2n) is 5.72. The Morgan fingerprint density at radius 2 is 1.85 bits per heavy atom. The van der Waals surface area contributed by atoms with Crippen molar-refractivity contribution in [1.82, 2.24) is 5.32 Å². The maximum absolute atomic E-state index is 12.0. The Labute approximate surface area is 160 Å². The van der Waals surface area contributed by atoms with Crippen LogP contribution in [0.3, 0.4) is 0 Å². The standard InChI is InChI=1S/C22H24N2O3/c1-3-26-20-11-9-17(15-21(20)27-4-2)13-14-24-22(25)12-10-18-7-5-6-8-19(18)16-23/h5-12,15H,3-4,13-14H2,1-2H3,(H,24,25)/b12-10+. The number of amides is 1. The van der Waals surface area contributed by atoms with Crippen LogP contribution in [-0.2, 0) is 11.2 Å². The fourth-order valence-electron chi connectivity index (χ4n) is 2.55. The highest BCUT2D eigenvalue weighted by atomic mass is 16.5. The quantitative estimate of drug-likeness (QED) is 0.688. The first kappa shape index (κ1) is 20.1. The highest BCUT2D eigenvalue weighted by Crippen LogP contribution is 2.28. The smallest absolute Gasteiger partial charge is 0.244 e. The van der Waals surface area contributed by atoms with Gasteiger partial charge in [-0.15, -0.1) is 0 Å². The first-order chi connectivity index (χ1) is 13.2. The van der Waals surface area contributed by atoms with Crippen LogP contribution < -0.4 is 14.8 Å². The van der Waals surface area contributed by atoms with E-state index >= 15 is 0 Å². The highest BCUT2D eigenvalue weighted by molar-refractivity contribution is 5.92. The number of nitrogens with one attached hydrogen (secondary N) is 1. The van der Waals surface area contributed by atoms with Crippen LogP contribution in [0.4, 0.5) is 0 Å². The molecule has 0 aliphatic heterocycles. The summed E-state index contributed by atoms with van der Waals surface area (Å²) >= 11 is 0. The van der Waals surface area contributed by atoms with E-state index in [1.165, 1.54) is 6.08 Å². The van der Waals surface area contributed by atoms with E-state index in [-0.39, 0.29) is 5.91 Å². The molecule has 0 unspecified atom stereocenters. The van der Waals surface area contributed by atoms with Crippen molar-refractivity contribution in [2.45, 2.75) is 20.3 Å². The summed E-state index contributed by atoms with van der Waals surface area (Å²) in [5, 5.41) is 11.9. The minimum atomic E-state index is -0.196. The Kier molecular flexibility index (Phi) is 7.92. The minimum Gasteiger partial charge on any atom is -0.490 e. The van der Waals surface area contributed by atoms with Crippen molar-refractivity contribution in [3.63, 3.8) is 0 Å². The third kappa shape index (κ3) is 6.19. The van der Waals surface area contributed by atoms with Crippen molar-refractivity contribution >= 4 is 12.0 Å². The summed E-state index contributed by atoms with van der Waals surface area (Å²) in [5.74, 6) is 1.25. The van der Waals surface area contributed by atoms with Crippen LogP contribution in [0.25, 0.3) is 6.08 Å². The molecule has 0 bridgehead atoms. The van der Waals surface area contributed by atoms with E-state index in [0.29, 0.717) is 31.7 Å². The molecule has 1 N–H and O–H groups in total. The first-order valence-corrected chi connectivity index (χ1v) is 9.01. The van der Waals surface area contributed by atoms with Crippen molar-refractivity contribution < 1.29 is 14.3 Å². The summed E-state index contributed by atoms with van der Waals surface area (Å²) in [4.78, 5) is 12.0. The second kappa shape index (κ2) is 10.7. The van der Waals surface area contributed by atoms with Crippen molar-refractivity contribution in [3.05, 3.63) is 65.2 Å². The lowest BCUT2D eigenvalue weighted by Crippen LogP contribution is -2.23. The largest absolute Gasteiger partial charge is 0.490 e. The molecule has 2 aromatic rings.